The molecule has 0 bridgehead atoms. The van der Waals surface area contributed by atoms with Gasteiger partial charge in [-0.1, -0.05) is 24.3 Å². The van der Waals surface area contributed by atoms with Gasteiger partial charge in [-0.05, 0) is 31.5 Å². The standard InChI is InChI=1S/C19H26N4O2.HI/c1-15(2)25-18-10-9-16(13-22-18)14-23-19(20-3)21-11-12-24-17-7-5-4-6-8-17;/h4-10,13,15H,11-12,14H2,1-3H3,(H2,20,21,23);1H. The second-order valence-electron chi connectivity index (χ2n) is 5.69. The van der Waals surface area contributed by atoms with Gasteiger partial charge in [0.15, 0.2) is 5.96 Å². The van der Waals surface area contributed by atoms with Gasteiger partial charge in [0.1, 0.15) is 12.4 Å². The Bertz CT molecular complexity index is 648. The van der Waals surface area contributed by atoms with E-state index in [1.807, 2.05) is 56.3 Å². The molecule has 0 unspecified atom stereocenters. The smallest absolute Gasteiger partial charge is 0.213 e. The highest BCUT2D eigenvalue weighted by atomic mass is 127. The molecule has 2 rings (SSSR count). The Morgan fingerprint density at radius 2 is 1.88 bits per heavy atom. The molecule has 1 aromatic heterocycles. The lowest BCUT2D eigenvalue weighted by atomic mass is 10.3. The molecule has 26 heavy (non-hydrogen) atoms. The number of pyridine rings is 1. The number of nitrogens with zero attached hydrogens (tertiary/aromatic N) is 2. The Labute approximate surface area is 172 Å². The largest absolute Gasteiger partial charge is 0.492 e. The Hall–Kier alpha value is -2.03. The number of benzene rings is 1. The second kappa shape index (κ2) is 12.3. The average Bonchev–Trinajstić information content (AvgIpc) is 2.63. The molecule has 0 amide bonds. The minimum absolute atomic E-state index is 0. The molecule has 7 heteroatoms. The highest BCUT2D eigenvalue weighted by Crippen LogP contribution is 2.09. The molecule has 1 heterocycles. The minimum Gasteiger partial charge on any atom is -0.492 e. The minimum atomic E-state index is 0. The lowest BCUT2D eigenvalue weighted by molar-refractivity contribution is 0.232. The van der Waals surface area contributed by atoms with E-state index in [-0.39, 0.29) is 30.1 Å². The van der Waals surface area contributed by atoms with Crippen LogP contribution in [0.3, 0.4) is 0 Å². The fourth-order valence-corrected chi connectivity index (χ4v) is 2.09. The molecule has 6 nitrogen and oxygen atoms in total. The van der Waals surface area contributed by atoms with Crippen LogP contribution in [-0.4, -0.2) is 37.2 Å². The molecule has 1 aromatic carbocycles. The first-order valence-corrected chi connectivity index (χ1v) is 8.41. The maximum absolute atomic E-state index is 5.64. The number of ether oxygens (including phenoxy) is 2. The van der Waals surface area contributed by atoms with Crippen LogP contribution in [0.5, 0.6) is 11.6 Å². The maximum Gasteiger partial charge on any atom is 0.213 e. The number of nitrogens with one attached hydrogen (secondary N) is 2. The summed E-state index contributed by atoms with van der Waals surface area (Å²) < 4.78 is 11.2. The zero-order valence-electron chi connectivity index (χ0n) is 15.4. The van der Waals surface area contributed by atoms with Gasteiger partial charge in [0.25, 0.3) is 0 Å². The van der Waals surface area contributed by atoms with Crippen LogP contribution < -0.4 is 20.1 Å². The molecule has 0 aliphatic heterocycles. The topological polar surface area (TPSA) is 67.8 Å². The van der Waals surface area contributed by atoms with E-state index in [2.05, 4.69) is 20.6 Å². The average molecular weight is 470 g/mol. The first kappa shape index (κ1) is 22.0. The molecule has 0 aliphatic carbocycles. The molecule has 0 spiro atoms. The summed E-state index contributed by atoms with van der Waals surface area (Å²) >= 11 is 0. The van der Waals surface area contributed by atoms with Gasteiger partial charge < -0.3 is 20.1 Å². The van der Waals surface area contributed by atoms with Crippen LogP contribution >= 0.6 is 24.0 Å². The lowest BCUT2D eigenvalue weighted by Gasteiger charge is -2.13. The van der Waals surface area contributed by atoms with Crippen molar-refractivity contribution in [2.24, 2.45) is 4.99 Å². The monoisotopic (exact) mass is 470 g/mol. The van der Waals surface area contributed by atoms with Crippen molar-refractivity contribution in [3.8, 4) is 11.6 Å². The summed E-state index contributed by atoms with van der Waals surface area (Å²) in [6, 6.07) is 13.6. The van der Waals surface area contributed by atoms with Crippen LogP contribution in [0, 0.1) is 0 Å². The molecule has 0 radical (unpaired) electrons. The first-order chi connectivity index (χ1) is 12.2. The van der Waals surface area contributed by atoms with Crippen LogP contribution in [0.25, 0.3) is 0 Å². The molecule has 2 N–H and O–H groups in total. The summed E-state index contributed by atoms with van der Waals surface area (Å²) in [6.45, 7) is 5.82. The SMILES string of the molecule is CN=C(NCCOc1ccccc1)NCc1ccc(OC(C)C)nc1.I. The van der Waals surface area contributed by atoms with Gasteiger partial charge in [0.05, 0.1) is 12.6 Å². The number of aromatic nitrogens is 1. The van der Waals surface area contributed by atoms with Crippen molar-refractivity contribution < 1.29 is 9.47 Å². The molecule has 142 valence electrons. The number of hydrogen-bond donors (Lipinski definition) is 2. The number of halogens is 1. The van der Waals surface area contributed by atoms with E-state index in [0.29, 0.717) is 25.6 Å². The summed E-state index contributed by atoms with van der Waals surface area (Å²) in [4.78, 5) is 8.49. The molecule has 0 saturated carbocycles. The van der Waals surface area contributed by atoms with Crippen LogP contribution in [0.1, 0.15) is 19.4 Å². The predicted molar refractivity (Wildman–Crippen MR) is 116 cm³/mol. The summed E-state index contributed by atoms with van der Waals surface area (Å²) in [5.41, 5.74) is 1.06. The maximum atomic E-state index is 5.64. The van der Waals surface area contributed by atoms with E-state index in [1.165, 1.54) is 0 Å². The van der Waals surface area contributed by atoms with Crippen LogP contribution in [0.2, 0.25) is 0 Å². The third-order valence-electron chi connectivity index (χ3n) is 3.24. The quantitative estimate of drug-likeness (QED) is 0.269. The fourth-order valence-electron chi connectivity index (χ4n) is 2.09. The summed E-state index contributed by atoms with van der Waals surface area (Å²) in [6.07, 6.45) is 1.92. The van der Waals surface area contributed by atoms with Crippen molar-refractivity contribution in [1.29, 1.82) is 0 Å². The second-order valence-corrected chi connectivity index (χ2v) is 5.69. The number of rotatable bonds is 8. The normalized spacial score (nSPS) is 10.8. The fraction of sp³-hybridized carbons (Fsp3) is 0.368. The Balaban J connectivity index is 0.00000338. The Kier molecular flexibility index (Phi) is 10.5. The van der Waals surface area contributed by atoms with E-state index in [9.17, 15) is 0 Å². The highest BCUT2D eigenvalue weighted by Gasteiger charge is 2.01. The molecule has 0 fully saturated rings. The predicted octanol–water partition coefficient (Wildman–Crippen LogP) is 3.23. The van der Waals surface area contributed by atoms with E-state index in [0.717, 1.165) is 17.3 Å². The molecular weight excluding hydrogens is 443 g/mol. The number of hydrogen-bond acceptors (Lipinski definition) is 4. The van der Waals surface area contributed by atoms with Crippen LogP contribution in [0.4, 0.5) is 0 Å². The summed E-state index contributed by atoms with van der Waals surface area (Å²) in [7, 11) is 1.74. The van der Waals surface area contributed by atoms with E-state index >= 15 is 0 Å². The highest BCUT2D eigenvalue weighted by molar-refractivity contribution is 14.0. The van der Waals surface area contributed by atoms with Gasteiger partial charge in [-0.3, -0.25) is 4.99 Å². The van der Waals surface area contributed by atoms with Crippen molar-refractivity contribution in [2.75, 3.05) is 20.2 Å². The number of para-hydroxylation sites is 1. The van der Waals surface area contributed by atoms with Gasteiger partial charge in [0, 0.05) is 25.9 Å². The van der Waals surface area contributed by atoms with Gasteiger partial charge in [-0.25, -0.2) is 4.98 Å². The molecular formula is C19H27IN4O2. The molecule has 2 aromatic rings. The van der Waals surface area contributed by atoms with Gasteiger partial charge in [-0.2, -0.15) is 0 Å². The number of guanidine groups is 1. The van der Waals surface area contributed by atoms with Gasteiger partial charge in [0.2, 0.25) is 5.88 Å². The van der Waals surface area contributed by atoms with Gasteiger partial charge in [-0.15, -0.1) is 24.0 Å². The van der Waals surface area contributed by atoms with E-state index < -0.39 is 0 Å². The van der Waals surface area contributed by atoms with Crippen LogP contribution in [0.15, 0.2) is 53.7 Å². The third kappa shape index (κ3) is 8.37. The Morgan fingerprint density at radius 1 is 1.12 bits per heavy atom. The van der Waals surface area contributed by atoms with E-state index in [1.54, 1.807) is 13.2 Å². The van der Waals surface area contributed by atoms with Crippen molar-refractivity contribution in [3.63, 3.8) is 0 Å². The summed E-state index contributed by atoms with van der Waals surface area (Å²) in [5.74, 6) is 2.22. The van der Waals surface area contributed by atoms with E-state index in [4.69, 9.17) is 9.47 Å². The Morgan fingerprint density at radius 3 is 2.50 bits per heavy atom. The van der Waals surface area contributed by atoms with Crippen molar-refractivity contribution >= 4 is 29.9 Å². The van der Waals surface area contributed by atoms with Crippen molar-refractivity contribution in [3.05, 3.63) is 54.2 Å². The molecule has 0 saturated heterocycles. The lowest BCUT2D eigenvalue weighted by Crippen LogP contribution is -2.38. The van der Waals surface area contributed by atoms with Crippen molar-refractivity contribution in [2.45, 2.75) is 26.5 Å². The first-order valence-electron chi connectivity index (χ1n) is 8.41. The zero-order chi connectivity index (χ0) is 17.9. The number of aliphatic imine (C=N–C) groups is 1. The third-order valence-corrected chi connectivity index (χ3v) is 3.24. The van der Waals surface area contributed by atoms with Gasteiger partial charge >= 0.3 is 0 Å². The van der Waals surface area contributed by atoms with Crippen molar-refractivity contribution in [1.82, 2.24) is 15.6 Å². The summed E-state index contributed by atoms with van der Waals surface area (Å²) in [5, 5.41) is 6.46. The van der Waals surface area contributed by atoms with Crippen LogP contribution in [-0.2, 0) is 6.54 Å². The zero-order valence-corrected chi connectivity index (χ0v) is 17.8. The molecule has 0 aliphatic rings. The molecule has 0 atom stereocenters.